The van der Waals surface area contributed by atoms with Gasteiger partial charge in [-0.05, 0) is 14.1 Å². The van der Waals surface area contributed by atoms with E-state index in [-0.39, 0.29) is 5.78 Å². The molecule has 0 unspecified atom stereocenters. The Balaban J connectivity index is 2.79. The number of ketones is 1. The van der Waals surface area contributed by atoms with Crippen molar-refractivity contribution >= 4 is 17.1 Å². The summed E-state index contributed by atoms with van der Waals surface area (Å²) in [6.45, 7) is 2.92. The molecule has 5 heteroatoms. The molecule has 1 heterocycles. The molecule has 0 aliphatic heterocycles. The summed E-state index contributed by atoms with van der Waals surface area (Å²) in [4.78, 5) is 18.7. The van der Waals surface area contributed by atoms with Gasteiger partial charge in [-0.15, -0.1) is 11.3 Å². The predicted molar refractivity (Wildman–Crippen MR) is 65.1 cm³/mol. The Bertz CT molecular complexity index is 361. The number of methoxy groups -OCH3 is 1. The maximum absolute atomic E-state index is 11.4. The fraction of sp³-hybridized carbons (Fsp3) is 0.636. The summed E-state index contributed by atoms with van der Waals surface area (Å²) in [6.07, 6.45) is 0.877. The van der Waals surface area contributed by atoms with Crippen LogP contribution in [0.25, 0.3) is 0 Å². The quantitative estimate of drug-likeness (QED) is 0.711. The Labute approximate surface area is 100 Å². The summed E-state index contributed by atoms with van der Waals surface area (Å²) in [6, 6.07) is 0. The summed E-state index contributed by atoms with van der Waals surface area (Å²) >= 11 is 1.48. The maximum Gasteiger partial charge on any atom is 0.171 e. The highest BCUT2D eigenvalue weighted by molar-refractivity contribution is 7.13. The molecular formula is C11H18N2O2S. The number of rotatable bonds is 6. The largest absolute Gasteiger partial charge is 0.378 e. The monoisotopic (exact) mass is 242 g/mol. The highest BCUT2D eigenvalue weighted by Gasteiger charge is 2.14. The standard InChI is InChI=1S/C11H18N2O2S/c1-8(14)11-9(7-15-4)12-10(16-11)5-6-13(2)3/h5-7H2,1-4H3. The molecule has 0 bridgehead atoms. The van der Waals surface area contributed by atoms with Crippen molar-refractivity contribution in [2.75, 3.05) is 27.7 Å². The molecule has 16 heavy (non-hydrogen) atoms. The van der Waals surface area contributed by atoms with Crippen molar-refractivity contribution in [3.05, 3.63) is 15.6 Å². The van der Waals surface area contributed by atoms with Gasteiger partial charge in [0.05, 0.1) is 22.2 Å². The van der Waals surface area contributed by atoms with E-state index < -0.39 is 0 Å². The van der Waals surface area contributed by atoms with Crippen LogP contribution in [0.5, 0.6) is 0 Å². The summed E-state index contributed by atoms with van der Waals surface area (Å²) in [5, 5.41) is 1.01. The average molecular weight is 242 g/mol. The number of Topliss-reactive ketones (excluding diaryl/α,β-unsaturated/α-hetero) is 1. The van der Waals surface area contributed by atoms with Crippen LogP contribution in [0.2, 0.25) is 0 Å². The molecule has 0 N–H and O–H groups in total. The van der Waals surface area contributed by atoms with Crippen molar-refractivity contribution in [1.82, 2.24) is 9.88 Å². The smallest absolute Gasteiger partial charge is 0.171 e. The fourth-order valence-electron chi connectivity index (χ4n) is 1.34. The number of nitrogens with zero attached hydrogens (tertiary/aromatic N) is 2. The van der Waals surface area contributed by atoms with Crippen LogP contribution in [0.4, 0.5) is 0 Å². The van der Waals surface area contributed by atoms with Crippen LogP contribution in [0.3, 0.4) is 0 Å². The van der Waals surface area contributed by atoms with E-state index in [1.807, 2.05) is 14.1 Å². The van der Waals surface area contributed by atoms with Crippen LogP contribution in [0.15, 0.2) is 0 Å². The van der Waals surface area contributed by atoms with Crippen LogP contribution in [0.1, 0.15) is 27.3 Å². The fourth-order valence-corrected chi connectivity index (χ4v) is 2.29. The molecule has 0 aromatic carbocycles. The van der Waals surface area contributed by atoms with Gasteiger partial charge in [0.2, 0.25) is 0 Å². The second-order valence-corrected chi connectivity index (χ2v) is 5.01. The number of thiazole rings is 1. The zero-order valence-electron chi connectivity index (χ0n) is 10.2. The van der Waals surface area contributed by atoms with Gasteiger partial charge in [-0.3, -0.25) is 4.79 Å². The average Bonchev–Trinajstić information content (AvgIpc) is 2.59. The first-order chi connectivity index (χ1) is 7.54. The Morgan fingerprint density at radius 1 is 1.50 bits per heavy atom. The van der Waals surface area contributed by atoms with E-state index in [1.54, 1.807) is 14.0 Å². The third kappa shape index (κ3) is 3.66. The Hall–Kier alpha value is -0.780. The number of ether oxygens (including phenoxy) is 1. The second kappa shape index (κ2) is 6.08. The highest BCUT2D eigenvalue weighted by Crippen LogP contribution is 2.20. The van der Waals surface area contributed by atoms with E-state index in [9.17, 15) is 4.79 Å². The van der Waals surface area contributed by atoms with E-state index in [1.165, 1.54) is 11.3 Å². The van der Waals surface area contributed by atoms with Crippen molar-refractivity contribution in [3.8, 4) is 0 Å². The van der Waals surface area contributed by atoms with Gasteiger partial charge in [0.1, 0.15) is 0 Å². The zero-order valence-corrected chi connectivity index (χ0v) is 11.1. The molecule has 1 aromatic rings. The SMILES string of the molecule is COCc1nc(CCN(C)C)sc1C(C)=O. The second-order valence-electron chi connectivity index (χ2n) is 3.93. The summed E-state index contributed by atoms with van der Waals surface area (Å²) < 4.78 is 5.04. The Morgan fingerprint density at radius 2 is 2.19 bits per heavy atom. The molecule has 1 aromatic heterocycles. The molecule has 90 valence electrons. The number of hydrogen-bond donors (Lipinski definition) is 0. The van der Waals surface area contributed by atoms with Crippen LogP contribution in [-0.2, 0) is 17.8 Å². The molecule has 0 aliphatic carbocycles. The molecule has 0 radical (unpaired) electrons. The lowest BCUT2D eigenvalue weighted by Crippen LogP contribution is -2.14. The van der Waals surface area contributed by atoms with Crippen molar-refractivity contribution in [3.63, 3.8) is 0 Å². The van der Waals surface area contributed by atoms with Crippen LogP contribution in [-0.4, -0.2) is 43.4 Å². The molecule has 0 saturated heterocycles. The number of hydrogen-bond acceptors (Lipinski definition) is 5. The molecular weight excluding hydrogens is 224 g/mol. The van der Waals surface area contributed by atoms with E-state index in [0.29, 0.717) is 6.61 Å². The molecule has 0 amide bonds. The normalized spacial score (nSPS) is 11.1. The van der Waals surface area contributed by atoms with Gasteiger partial charge in [0.25, 0.3) is 0 Å². The maximum atomic E-state index is 11.4. The summed E-state index contributed by atoms with van der Waals surface area (Å²) in [5.41, 5.74) is 0.772. The highest BCUT2D eigenvalue weighted by atomic mass is 32.1. The van der Waals surface area contributed by atoms with Crippen molar-refractivity contribution in [2.24, 2.45) is 0 Å². The number of carbonyl (C=O) groups excluding carboxylic acids is 1. The van der Waals surface area contributed by atoms with Gasteiger partial charge in [0, 0.05) is 27.0 Å². The minimum atomic E-state index is 0.0700. The first-order valence-electron chi connectivity index (χ1n) is 5.17. The lowest BCUT2D eigenvalue weighted by Gasteiger charge is -2.06. The number of carbonyl (C=O) groups is 1. The van der Waals surface area contributed by atoms with Gasteiger partial charge < -0.3 is 9.64 Å². The van der Waals surface area contributed by atoms with Gasteiger partial charge in [-0.25, -0.2) is 4.98 Å². The van der Waals surface area contributed by atoms with Crippen molar-refractivity contribution < 1.29 is 9.53 Å². The minimum Gasteiger partial charge on any atom is -0.378 e. The van der Waals surface area contributed by atoms with Crippen LogP contribution < -0.4 is 0 Å². The molecule has 0 atom stereocenters. The molecule has 4 nitrogen and oxygen atoms in total. The minimum absolute atomic E-state index is 0.0700. The topological polar surface area (TPSA) is 42.4 Å². The summed E-state index contributed by atoms with van der Waals surface area (Å²) in [7, 11) is 5.66. The van der Waals surface area contributed by atoms with E-state index >= 15 is 0 Å². The van der Waals surface area contributed by atoms with Gasteiger partial charge in [-0.1, -0.05) is 0 Å². The first kappa shape index (κ1) is 13.3. The summed E-state index contributed by atoms with van der Waals surface area (Å²) in [5.74, 6) is 0.0700. The molecule has 0 spiro atoms. The lowest BCUT2D eigenvalue weighted by molar-refractivity contribution is 0.101. The molecule has 0 fully saturated rings. The lowest BCUT2D eigenvalue weighted by atomic mass is 10.3. The van der Waals surface area contributed by atoms with E-state index in [0.717, 1.165) is 28.5 Å². The van der Waals surface area contributed by atoms with E-state index in [4.69, 9.17) is 4.74 Å². The number of aromatic nitrogens is 1. The predicted octanol–water partition coefficient (Wildman–Crippen LogP) is 1.60. The Morgan fingerprint density at radius 3 is 2.69 bits per heavy atom. The van der Waals surface area contributed by atoms with Crippen molar-refractivity contribution in [1.29, 1.82) is 0 Å². The van der Waals surface area contributed by atoms with Gasteiger partial charge in [0.15, 0.2) is 5.78 Å². The third-order valence-electron chi connectivity index (χ3n) is 2.12. The zero-order chi connectivity index (χ0) is 12.1. The third-order valence-corrected chi connectivity index (χ3v) is 3.37. The van der Waals surface area contributed by atoms with Crippen LogP contribution >= 0.6 is 11.3 Å². The van der Waals surface area contributed by atoms with E-state index in [2.05, 4.69) is 9.88 Å². The van der Waals surface area contributed by atoms with Gasteiger partial charge >= 0.3 is 0 Å². The molecule has 0 aliphatic rings. The van der Waals surface area contributed by atoms with Gasteiger partial charge in [-0.2, -0.15) is 0 Å². The van der Waals surface area contributed by atoms with Crippen molar-refractivity contribution in [2.45, 2.75) is 20.0 Å². The Kier molecular flexibility index (Phi) is 5.05. The van der Waals surface area contributed by atoms with Crippen LogP contribution in [0, 0.1) is 0 Å². The number of likely N-dealkylation sites (N-methyl/N-ethyl adjacent to an activating group) is 1. The first-order valence-corrected chi connectivity index (χ1v) is 5.99. The molecule has 1 rings (SSSR count). The molecule has 0 saturated carbocycles.